The number of carboxylic acid groups (broad SMARTS) is 1. The molecule has 4 rings (SSSR count). The summed E-state index contributed by atoms with van der Waals surface area (Å²) in [6.45, 7) is 4.64. The van der Waals surface area contributed by atoms with Gasteiger partial charge in [-0.05, 0) is 25.5 Å². The Morgan fingerprint density at radius 2 is 1.92 bits per heavy atom. The lowest BCUT2D eigenvalue weighted by Gasteiger charge is -2.42. The first kappa shape index (κ1) is 26.1. The standard InChI is InChI=1S/C25H24F2N4O5S/c1-3-28-13-18(25(33)34)24(32)17-11-19(26)23(21(27)22(17)28)29-8-9-30(14(2)12-29)20(37)10-15-4-6-16(7-5-15)31(35)36/h4-7,11,13-14H,3,8-10,12H2,1-2H3,(H,33,34). The van der Waals surface area contributed by atoms with Gasteiger partial charge in [0.1, 0.15) is 17.1 Å². The van der Waals surface area contributed by atoms with Crippen molar-refractivity contribution in [1.82, 2.24) is 9.47 Å². The van der Waals surface area contributed by atoms with Crippen LogP contribution < -0.4 is 10.3 Å². The average molecular weight is 531 g/mol. The number of nitro groups is 1. The van der Waals surface area contributed by atoms with Gasteiger partial charge in [-0.1, -0.05) is 24.4 Å². The van der Waals surface area contributed by atoms with E-state index in [0.717, 1.165) is 17.8 Å². The minimum atomic E-state index is -1.46. The van der Waals surface area contributed by atoms with Crippen molar-refractivity contribution in [3.8, 4) is 0 Å². The maximum atomic E-state index is 15.8. The van der Waals surface area contributed by atoms with E-state index in [1.54, 1.807) is 24.0 Å². The number of nitro benzene ring substituents is 1. The lowest BCUT2D eigenvalue weighted by Crippen LogP contribution is -2.54. The highest BCUT2D eigenvalue weighted by Gasteiger charge is 2.31. The molecule has 12 heteroatoms. The van der Waals surface area contributed by atoms with Crippen molar-refractivity contribution in [2.24, 2.45) is 0 Å². The molecule has 1 fully saturated rings. The quantitative estimate of drug-likeness (QED) is 0.290. The van der Waals surface area contributed by atoms with Crippen LogP contribution in [0.4, 0.5) is 20.2 Å². The van der Waals surface area contributed by atoms with Gasteiger partial charge in [-0.2, -0.15) is 0 Å². The van der Waals surface area contributed by atoms with Crippen LogP contribution in [0.25, 0.3) is 10.9 Å². The number of hydrogen-bond donors (Lipinski definition) is 1. The number of thiocarbonyl (C=S) groups is 1. The fourth-order valence-corrected chi connectivity index (χ4v) is 5.15. The third-order valence-corrected chi connectivity index (χ3v) is 6.95. The first-order valence-corrected chi connectivity index (χ1v) is 12.0. The van der Waals surface area contributed by atoms with Gasteiger partial charge in [-0.25, -0.2) is 13.6 Å². The highest BCUT2D eigenvalue weighted by Crippen LogP contribution is 2.32. The summed E-state index contributed by atoms with van der Waals surface area (Å²) in [6.07, 6.45) is 1.47. The Morgan fingerprint density at radius 1 is 1.24 bits per heavy atom. The lowest BCUT2D eigenvalue weighted by molar-refractivity contribution is -0.384. The average Bonchev–Trinajstić information content (AvgIpc) is 2.84. The predicted octanol–water partition coefficient (Wildman–Crippen LogP) is 3.99. The molecule has 2 heterocycles. The SMILES string of the molecule is CCn1cc(C(=O)O)c(=O)c2cc(F)c(N3CCN(C(=S)Cc4ccc([N+](=O)[O-])cc4)C(C)C3)c(F)c21. The molecule has 0 spiro atoms. The maximum Gasteiger partial charge on any atom is 0.341 e. The molecule has 1 aliphatic heterocycles. The van der Waals surface area contributed by atoms with E-state index in [9.17, 15) is 24.8 Å². The molecule has 0 aliphatic carbocycles. The number of piperazine rings is 1. The van der Waals surface area contributed by atoms with Gasteiger partial charge < -0.3 is 19.5 Å². The molecule has 0 bridgehead atoms. The number of anilines is 1. The summed E-state index contributed by atoms with van der Waals surface area (Å²) in [6, 6.07) is 6.84. The summed E-state index contributed by atoms with van der Waals surface area (Å²) in [5.41, 5.74) is -1.10. The highest BCUT2D eigenvalue weighted by molar-refractivity contribution is 7.80. The van der Waals surface area contributed by atoms with E-state index in [4.69, 9.17) is 12.2 Å². The third kappa shape index (κ3) is 4.88. The van der Waals surface area contributed by atoms with Crippen molar-refractivity contribution in [2.75, 3.05) is 24.5 Å². The van der Waals surface area contributed by atoms with E-state index in [0.29, 0.717) is 18.0 Å². The number of non-ortho nitro benzene ring substituents is 1. The first-order valence-electron chi connectivity index (χ1n) is 11.6. The predicted molar refractivity (Wildman–Crippen MR) is 139 cm³/mol. The third-order valence-electron chi connectivity index (χ3n) is 6.57. The monoisotopic (exact) mass is 530 g/mol. The first-order chi connectivity index (χ1) is 17.5. The highest BCUT2D eigenvalue weighted by atomic mass is 32.1. The molecule has 194 valence electrons. The molecule has 0 radical (unpaired) electrons. The molecule has 2 aromatic carbocycles. The Kier molecular flexibility index (Phi) is 7.21. The number of benzene rings is 2. The van der Waals surface area contributed by atoms with Crippen LogP contribution in [0.2, 0.25) is 0 Å². The van der Waals surface area contributed by atoms with Crippen molar-refractivity contribution in [1.29, 1.82) is 0 Å². The zero-order valence-corrected chi connectivity index (χ0v) is 20.9. The second-order valence-electron chi connectivity index (χ2n) is 8.86. The lowest BCUT2D eigenvalue weighted by atomic mass is 10.1. The van der Waals surface area contributed by atoms with Gasteiger partial charge in [0.25, 0.3) is 5.69 Å². The molecule has 3 aromatic rings. The molecule has 1 aliphatic rings. The van der Waals surface area contributed by atoms with Crippen molar-refractivity contribution in [2.45, 2.75) is 32.9 Å². The van der Waals surface area contributed by atoms with Crippen LogP contribution in [0.3, 0.4) is 0 Å². The Morgan fingerprint density at radius 3 is 2.49 bits per heavy atom. The van der Waals surface area contributed by atoms with Gasteiger partial charge >= 0.3 is 5.97 Å². The Balaban J connectivity index is 1.59. The van der Waals surface area contributed by atoms with Gasteiger partial charge in [0.2, 0.25) is 5.43 Å². The molecule has 37 heavy (non-hydrogen) atoms. The summed E-state index contributed by atoms with van der Waals surface area (Å²) in [4.78, 5) is 38.6. The molecule has 0 saturated carbocycles. The second kappa shape index (κ2) is 10.2. The molecule has 1 unspecified atom stereocenters. The number of hydrogen-bond acceptors (Lipinski definition) is 6. The van der Waals surface area contributed by atoms with Gasteiger partial charge in [-0.3, -0.25) is 14.9 Å². The number of aromatic carboxylic acids is 1. The fourth-order valence-electron chi connectivity index (χ4n) is 4.71. The van der Waals surface area contributed by atoms with Crippen LogP contribution in [0.1, 0.15) is 29.8 Å². The summed E-state index contributed by atoms with van der Waals surface area (Å²) < 4.78 is 32.3. The van der Waals surface area contributed by atoms with Crippen molar-refractivity contribution >= 4 is 45.5 Å². The van der Waals surface area contributed by atoms with Gasteiger partial charge in [-0.15, -0.1) is 0 Å². The number of nitrogens with zero attached hydrogens (tertiary/aromatic N) is 4. The minimum Gasteiger partial charge on any atom is -0.477 e. The molecular weight excluding hydrogens is 506 g/mol. The van der Waals surface area contributed by atoms with Crippen molar-refractivity contribution in [3.63, 3.8) is 0 Å². The molecule has 1 saturated heterocycles. The molecule has 1 atom stereocenters. The topological polar surface area (TPSA) is 109 Å². The summed E-state index contributed by atoms with van der Waals surface area (Å²) in [5.74, 6) is -3.32. The van der Waals surface area contributed by atoms with E-state index < -0.39 is 33.5 Å². The van der Waals surface area contributed by atoms with Crippen LogP contribution >= 0.6 is 12.2 Å². The number of halogens is 2. The number of fused-ring (bicyclic) bond motifs is 1. The fraction of sp³-hybridized carbons (Fsp3) is 0.320. The number of rotatable bonds is 6. The molecule has 9 nitrogen and oxygen atoms in total. The molecule has 0 amide bonds. The van der Waals surface area contributed by atoms with E-state index in [1.807, 2.05) is 11.8 Å². The summed E-state index contributed by atoms with van der Waals surface area (Å²) >= 11 is 5.61. The van der Waals surface area contributed by atoms with E-state index in [-0.39, 0.29) is 48.0 Å². The Bertz CT molecular complexity index is 1470. The van der Waals surface area contributed by atoms with Gasteiger partial charge in [0.15, 0.2) is 5.82 Å². The largest absolute Gasteiger partial charge is 0.477 e. The number of aryl methyl sites for hydroxylation is 1. The minimum absolute atomic E-state index is 0.0104. The van der Waals surface area contributed by atoms with Gasteiger partial charge in [0.05, 0.1) is 20.8 Å². The summed E-state index contributed by atoms with van der Waals surface area (Å²) in [7, 11) is 0. The number of carboxylic acids is 1. The Hall–Kier alpha value is -3.93. The normalized spacial score (nSPS) is 15.7. The number of carbonyl (C=O) groups is 1. The van der Waals surface area contributed by atoms with Crippen molar-refractivity contribution < 1.29 is 23.6 Å². The van der Waals surface area contributed by atoms with Crippen LogP contribution in [-0.4, -0.2) is 56.1 Å². The molecule has 1 aromatic heterocycles. The van der Waals surface area contributed by atoms with Gasteiger partial charge in [0, 0.05) is 57.0 Å². The van der Waals surface area contributed by atoms with Crippen LogP contribution in [0.15, 0.2) is 41.3 Å². The number of aromatic nitrogens is 1. The van der Waals surface area contributed by atoms with Crippen LogP contribution in [-0.2, 0) is 13.0 Å². The smallest absolute Gasteiger partial charge is 0.341 e. The number of pyridine rings is 1. The molecule has 1 N–H and O–H groups in total. The van der Waals surface area contributed by atoms with Crippen LogP contribution in [0.5, 0.6) is 0 Å². The Labute approximate surface area is 215 Å². The zero-order chi connectivity index (χ0) is 27.0. The maximum absolute atomic E-state index is 15.8. The van der Waals surface area contributed by atoms with E-state index >= 15 is 8.78 Å². The molecular formula is C25H24F2N4O5S. The van der Waals surface area contributed by atoms with E-state index in [2.05, 4.69) is 0 Å². The van der Waals surface area contributed by atoms with Crippen molar-refractivity contribution in [3.05, 3.63) is 79.6 Å². The summed E-state index contributed by atoms with van der Waals surface area (Å²) in [5, 5.41) is 19.9. The van der Waals surface area contributed by atoms with Crippen LogP contribution in [0, 0.1) is 21.7 Å². The zero-order valence-electron chi connectivity index (χ0n) is 20.1. The van der Waals surface area contributed by atoms with E-state index in [1.165, 1.54) is 16.7 Å². The second-order valence-corrected chi connectivity index (χ2v) is 9.33.